The van der Waals surface area contributed by atoms with E-state index in [9.17, 15) is 4.79 Å². The van der Waals surface area contributed by atoms with Crippen molar-refractivity contribution in [2.75, 3.05) is 13.1 Å². The van der Waals surface area contributed by atoms with Gasteiger partial charge in [-0.1, -0.05) is 44.2 Å². The van der Waals surface area contributed by atoms with Crippen LogP contribution in [0.3, 0.4) is 0 Å². The van der Waals surface area contributed by atoms with Gasteiger partial charge in [0.15, 0.2) is 0 Å². The maximum Gasteiger partial charge on any atom is 0.141 e. The molecule has 0 aromatic heterocycles. The lowest BCUT2D eigenvalue weighted by atomic mass is 9.90. The molecule has 3 nitrogen and oxygen atoms in total. The average molecular weight is 234 g/mol. The molecule has 1 heterocycles. The zero-order valence-electron chi connectivity index (χ0n) is 10.7. The summed E-state index contributed by atoms with van der Waals surface area (Å²) in [6.07, 6.45) is 0. The van der Waals surface area contributed by atoms with Crippen LogP contribution in [0.25, 0.3) is 0 Å². The second-order valence-corrected chi connectivity index (χ2v) is 4.88. The van der Waals surface area contributed by atoms with Crippen LogP contribution < -0.4 is 6.15 Å². The highest BCUT2D eigenvalue weighted by molar-refractivity contribution is 5.83. The lowest BCUT2D eigenvalue weighted by Crippen LogP contribution is -2.44. The topological polar surface area (TPSA) is 55.3 Å². The maximum absolute atomic E-state index is 11.7. The van der Waals surface area contributed by atoms with Gasteiger partial charge >= 0.3 is 0 Å². The molecule has 0 saturated carbocycles. The molecule has 94 valence electrons. The number of hydrogen-bond acceptors (Lipinski definition) is 3. The van der Waals surface area contributed by atoms with Crippen LogP contribution in [0.4, 0.5) is 0 Å². The Morgan fingerprint density at radius 2 is 1.65 bits per heavy atom. The highest BCUT2D eigenvalue weighted by atomic mass is 16.1. The molecular formula is C14H22N2O. The zero-order chi connectivity index (χ0) is 11.5. The molecule has 2 atom stereocenters. The number of benzene rings is 1. The number of ketones is 1. The van der Waals surface area contributed by atoms with E-state index in [4.69, 9.17) is 0 Å². The van der Waals surface area contributed by atoms with E-state index in [2.05, 4.69) is 29.2 Å². The number of hydrogen-bond donors (Lipinski definition) is 1. The Hall–Kier alpha value is -1.19. The minimum absolute atomic E-state index is 0. The summed E-state index contributed by atoms with van der Waals surface area (Å²) < 4.78 is 0. The van der Waals surface area contributed by atoms with Gasteiger partial charge in [-0.15, -0.1) is 0 Å². The largest absolute Gasteiger partial charge is 0.344 e. The van der Waals surface area contributed by atoms with E-state index >= 15 is 0 Å². The van der Waals surface area contributed by atoms with E-state index in [1.165, 1.54) is 5.56 Å². The molecule has 1 aromatic carbocycles. The predicted octanol–water partition coefficient (Wildman–Crippen LogP) is 2.51. The number of carbonyl (C=O) groups excluding carboxylic acids is 1. The second-order valence-electron chi connectivity index (χ2n) is 4.88. The summed E-state index contributed by atoms with van der Waals surface area (Å²) >= 11 is 0. The third-order valence-electron chi connectivity index (χ3n) is 3.28. The first-order valence-corrected chi connectivity index (χ1v) is 5.97. The van der Waals surface area contributed by atoms with Crippen molar-refractivity contribution in [3.8, 4) is 0 Å². The van der Waals surface area contributed by atoms with Crippen LogP contribution in [0.5, 0.6) is 0 Å². The maximum atomic E-state index is 11.7. The molecule has 0 radical (unpaired) electrons. The molecule has 0 amide bonds. The molecular weight excluding hydrogens is 212 g/mol. The monoisotopic (exact) mass is 234 g/mol. The minimum atomic E-state index is 0. The third kappa shape index (κ3) is 3.38. The Bertz CT molecular complexity index is 350. The van der Waals surface area contributed by atoms with Crippen LogP contribution in [0.15, 0.2) is 30.3 Å². The lowest BCUT2D eigenvalue weighted by Gasteiger charge is -2.33. The van der Waals surface area contributed by atoms with Gasteiger partial charge in [0.25, 0.3) is 0 Å². The molecule has 2 rings (SSSR count). The number of nitrogens with zero attached hydrogens (tertiary/aromatic N) is 1. The van der Waals surface area contributed by atoms with Gasteiger partial charge in [-0.25, -0.2) is 0 Å². The summed E-state index contributed by atoms with van der Waals surface area (Å²) in [5, 5.41) is 0. The quantitative estimate of drug-likeness (QED) is 0.855. The van der Waals surface area contributed by atoms with Crippen molar-refractivity contribution < 1.29 is 4.79 Å². The molecule has 0 bridgehead atoms. The Balaban J connectivity index is 0.00000144. The number of Topliss-reactive ketones (excluding diaryl/α,β-unsaturated/α-hetero) is 1. The van der Waals surface area contributed by atoms with Gasteiger partial charge < -0.3 is 6.15 Å². The highest BCUT2D eigenvalue weighted by Crippen LogP contribution is 2.19. The van der Waals surface area contributed by atoms with E-state index < -0.39 is 0 Å². The number of piperidine rings is 1. The minimum Gasteiger partial charge on any atom is -0.344 e. The van der Waals surface area contributed by atoms with Crippen molar-refractivity contribution in [1.82, 2.24) is 11.1 Å². The molecule has 3 N–H and O–H groups in total. The van der Waals surface area contributed by atoms with Crippen LogP contribution in [-0.2, 0) is 11.3 Å². The van der Waals surface area contributed by atoms with E-state index in [1.807, 2.05) is 19.9 Å². The molecule has 1 aromatic rings. The molecule has 1 aliphatic rings. The first-order chi connectivity index (χ1) is 7.66. The molecule has 2 unspecified atom stereocenters. The predicted molar refractivity (Wildman–Crippen MR) is 70.1 cm³/mol. The Labute approximate surface area is 103 Å². The van der Waals surface area contributed by atoms with Crippen molar-refractivity contribution in [1.29, 1.82) is 0 Å². The van der Waals surface area contributed by atoms with Gasteiger partial charge in [0.05, 0.1) is 0 Å². The van der Waals surface area contributed by atoms with Crippen molar-refractivity contribution >= 4 is 5.78 Å². The number of likely N-dealkylation sites (tertiary alicyclic amines) is 1. The smallest absolute Gasteiger partial charge is 0.141 e. The fourth-order valence-corrected chi connectivity index (χ4v) is 2.49. The van der Waals surface area contributed by atoms with Gasteiger partial charge in [0, 0.05) is 31.5 Å². The van der Waals surface area contributed by atoms with Crippen LogP contribution in [-0.4, -0.2) is 23.8 Å². The summed E-state index contributed by atoms with van der Waals surface area (Å²) in [5.41, 5.74) is 1.33. The zero-order valence-corrected chi connectivity index (χ0v) is 10.7. The fourth-order valence-electron chi connectivity index (χ4n) is 2.49. The molecule has 1 saturated heterocycles. The van der Waals surface area contributed by atoms with Crippen molar-refractivity contribution in [3.63, 3.8) is 0 Å². The second kappa shape index (κ2) is 5.94. The molecule has 1 aliphatic heterocycles. The van der Waals surface area contributed by atoms with Gasteiger partial charge in [-0.2, -0.15) is 0 Å². The molecule has 1 fully saturated rings. The van der Waals surface area contributed by atoms with Crippen LogP contribution in [0.1, 0.15) is 19.4 Å². The average Bonchev–Trinajstić information content (AvgIpc) is 2.27. The summed E-state index contributed by atoms with van der Waals surface area (Å²) in [4.78, 5) is 14.1. The van der Waals surface area contributed by atoms with E-state index in [0.717, 1.165) is 19.6 Å². The SMILES string of the molecule is CC1CN(Cc2ccccc2)CC(C)C1=O.N. The van der Waals surface area contributed by atoms with Crippen molar-refractivity contribution in [2.24, 2.45) is 11.8 Å². The van der Waals surface area contributed by atoms with Gasteiger partial charge in [-0.3, -0.25) is 9.69 Å². The number of carbonyl (C=O) groups is 1. The first kappa shape index (κ1) is 13.9. The fraction of sp³-hybridized carbons (Fsp3) is 0.500. The highest BCUT2D eigenvalue weighted by Gasteiger charge is 2.29. The molecule has 0 spiro atoms. The third-order valence-corrected chi connectivity index (χ3v) is 3.28. The molecule has 0 aliphatic carbocycles. The normalized spacial score (nSPS) is 25.4. The van der Waals surface area contributed by atoms with Gasteiger partial charge in [0.1, 0.15) is 5.78 Å². The van der Waals surface area contributed by atoms with Crippen LogP contribution >= 0.6 is 0 Å². The van der Waals surface area contributed by atoms with E-state index in [-0.39, 0.29) is 18.0 Å². The Morgan fingerprint density at radius 1 is 1.12 bits per heavy atom. The summed E-state index contributed by atoms with van der Waals surface area (Å²) in [5.74, 6) is 0.796. The Morgan fingerprint density at radius 3 is 2.18 bits per heavy atom. The summed E-state index contributed by atoms with van der Waals surface area (Å²) in [6.45, 7) is 6.84. The standard InChI is InChI=1S/C14H19NO.H3N/c1-11-8-15(9-12(2)14(11)16)10-13-6-4-3-5-7-13;/h3-7,11-12H,8-10H2,1-2H3;1H3. The van der Waals surface area contributed by atoms with Crippen LogP contribution in [0, 0.1) is 11.8 Å². The summed E-state index contributed by atoms with van der Waals surface area (Å²) in [7, 11) is 0. The lowest BCUT2D eigenvalue weighted by molar-refractivity contribution is -0.130. The Kier molecular flexibility index (Phi) is 4.85. The van der Waals surface area contributed by atoms with Gasteiger partial charge in [0.2, 0.25) is 0 Å². The summed E-state index contributed by atoms with van der Waals surface area (Å²) in [6, 6.07) is 10.5. The molecule has 17 heavy (non-hydrogen) atoms. The van der Waals surface area contributed by atoms with E-state index in [1.54, 1.807) is 0 Å². The number of rotatable bonds is 2. The van der Waals surface area contributed by atoms with Gasteiger partial charge in [-0.05, 0) is 5.56 Å². The van der Waals surface area contributed by atoms with Crippen molar-refractivity contribution in [2.45, 2.75) is 20.4 Å². The van der Waals surface area contributed by atoms with Crippen molar-refractivity contribution in [3.05, 3.63) is 35.9 Å². The first-order valence-electron chi connectivity index (χ1n) is 5.97. The van der Waals surface area contributed by atoms with Crippen LogP contribution in [0.2, 0.25) is 0 Å². The molecule has 3 heteroatoms. The van der Waals surface area contributed by atoms with E-state index in [0.29, 0.717) is 5.78 Å².